The molecule has 0 aliphatic carbocycles. The predicted molar refractivity (Wildman–Crippen MR) is 109 cm³/mol. The molecule has 0 aliphatic rings. The summed E-state index contributed by atoms with van der Waals surface area (Å²) in [6.07, 6.45) is 0. The molecular weight excluding hydrogens is 356 g/mol. The smallest absolute Gasteiger partial charge is 0.320 e. The van der Waals surface area contributed by atoms with E-state index in [0.717, 1.165) is 11.1 Å². The van der Waals surface area contributed by atoms with E-state index in [4.69, 9.17) is 0 Å². The van der Waals surface area contributed by atoms with Crippen molar-refractivity contribution in [2.24, 2.45) is 0 Å². The van der Waals surface area contributed by atoms with Gasteiger partial charge in [-0.2, -0.15) is 0 Å². The van der Waals surface area contributed by atoms with Crippen LogP contribution in [0.1, 0.15) is 11.1 Å². The normalized spacial score (nSPS) is 10.1. The van der Waals surface area contributed by atoms with Crippen LogP contribution < -0.4 is 10.6 Å². The number of hydrogen-bond acceptors (Lipinski definition) is 3. The molecule has 0 radical (unpaired) electrons. The number of aryl methyl sites for hydroxylation is 1. The van der Waals surface area contributed by atoms with E-state index in [-0.39, 0.29) is 25.0 Å². The first-order valence-corrected chi connectivity index (χ1v) is 8.98. The number of nitrogens with one attached hydrogen (secondary N) is 2. The van der Waals surface area contributed by atoms with E-state index >= 15 is 0 Å². The number of nitrogens with zero attached hydrogens (tertiary/aromatic N) is 2. The maximum atomic E-state index is 12.4. The minimum absolute atomic E-state index is 0.135. The Morgan fingerprint density at radius 2 is 1.64 bits per heavy atom. The molecule has 0 fully saturated rings. The third-order valence-electron chi connectivity index (χ3n) is 3.95. The Morgan fingerprint density at radius 1 is 0.929 bits per heavy atom. The third kappa shape index (κ3) is 6.75. The highest BCUT2D eigenvalue weighted by atomic mass is 16.2. The lowest BCUT2D eigenvalue weighted by atomic mass is 10.2. The third-order valence-corrected chi connectivity index (χ3v) is 3.95. The Hall–Kier alpha value is -3.35. The topological polar surface area (TPSA) is 81.8 Å². The molecule has 0 saturated heterocycles. The van der Waals surface area contributed by atoms with Gasteiger partial charge in [0.15, 0.2) is 0 Å². The number of urea groups is 1. The summed E-state index contributed by atoms with van der Waals surface area (Å²) in [7, 11) is 3.26. The summed E-state index contributed by atoms with van der Waals surface area (Å²) in [6.45, 7) is 1.94. The predicted octanol–water partition coefficient (Wildman–Crippen LogP) is 2.23. The van der Waals surface area contributed by atoms with E-state index in [1.54, 1.807) is 20.2 Å². The molecule has 0 bridgehead atoms. The van der Waals surface area contributed by atoms with Crippen LogP contribution in [0.2, 0.25) is 0 Å². The number of carbonyl (C=O) groups excluding carboxylic acids is 3. The van der Waals surface area contributed by atoms with Crippen molar-refractivity contribution in [3.8, 4) is 0 Å². The van der Waals surface area contributed by atoms with Crippen molar-refractivity contribution in [2.75, 3.05) is 32.5 Å². The van der Waals surface area contributed by atoms with E-state index in [2.05, 4.69) is 10.6 Å². The van der Waals surface area contributed by atoms with Crippen molar-refractivity contribution >= 4 is 23.5 Å². The van der Waals surface area contributed by atoms with Crippen LogP contribution in [0.25, 0.3) is 0 Å². The standard InChI is InChI=1S/C21H26N4O3/c1-16-8-7-11-18(12-16)23-19(26)13-22-20(27)15-25(21(28)24(2)3)14-17-9-5-4-6-10-17/h4-12H,13-15H2,1-3H3,(H,22,27)(H,23,26). The number of benzene rings is 2. The molecule has 28 heavy (non-hydrogen) atoms. The van der Waals surface area contributed by atoms with E-state index in [9.17, 15) is 14.4 Å². The average molecular weight is 382 g/mol. The van der Waals surface area contributed by atoms with Gasteiger partial charge in [0, 0.05) is 26.3 Å². The molecule has 0 spiro atoms. The van der Waals surface area contributed by atoms with Crippen LogP contribution in [0.5, 0.6) is 0 Å². The van der Waals surface area contributed by atoms with Crippen LogP contribution in [0.4, 0.5) is 10.5 Å². The van der Waals surface area contributed by atoms with Crippen molar-refractivity contribution in [2.45, 2.75) is 13.5 Å². The molecule has 0 unspecified atom stereocenters. The summed E-state index contributed by atoms with van der Waals surface area (Å²) >= 11 is 0. The van der Waals surface area contributed by atoms with Crippen LogP contribution in [0.3, 0.4) is 0 Å². The summed E-state index contributed by atoms with van der Waals surface area (Å²) in [5, 5.41) is 5.29. The molecule has 2 rings (SSSR count). The van der Waals surface area contributed by atoms with Gasteiger partial charge in [0.2, 0.25) is 11.8 Å². The van der Waals surface area contributed by atoms with Gasteiger partial charge in [-0.25, -0.2) is 4.79 Å². The van der Waals surface area contributed by atoms with Crippen LogP contribution in [-0.4, -0.2) is 54.8 Å². The van der Waals surface area contributed by atoms with Gasteiger partial charge in [0.05, 0.1) is 6.54 Å². The lowest BCUT2D eigenvalue weighted by molar-refractivity contribution is -0.124. The highest BCUT2D eigenvalue weighted by molar-refractivity contribution is 5.95. The highest BCUT2D eigenvalue weighted by Crippen LogP contribution is 2.09. The quantitative estimate of drug-likeness (QED) is 0.770. The first kappa shape index (κ1) is 21.0. The Kier molecular flexibility index (Phi) is 7.56. The van der Waals surface area contributed by atoms with E-state index in [1.807, 2.05) is 55.5 Å². The molecule has 2 aromatic rings. The number of hydrogen-bond donors (Lipinski definition) is 2. The largest absolute Gasteiger partial charge is 0.345 e. The van der Waals surface area contributed by atoms with Gasteiger partial charge in [-0.1, -0.05) is 42.5 Å². The summed E-state index contributed by atoms with van der Waals surface area (Å²) in [6, 6.07) is 16.6. The zero-order valence-electron chi connectivity index (χ0n) is 16.4. The second-order valence-electron chi connectivity index (χ2n) is 6.71. The summed E-state index contributed by atoms with van der Waals surface area (Å²) in [5.41, 5.74) is 2.62. The fourth-order valence-corrected chi connectivity index (χ4v) is 2.61. The highest BCUT2D eigenvalue weighted by Gasteiger charge is 2.19. The van der Waals surface area contributed by atoms with Crippen molar-refractivity contribution in [1.82, 2.24) is 15.1 Å². The zero-order chi connectivity index (χ0) is 20.5. The van der Waals surface area contributed by atoms with Gasteiger partial charge >= 0.3 is 6.03 Å². The SMILES string of the molecule is Cc1cccc(NC(=O)CNC(=O)CN(Cc2ccccc2)C(=O)N(C)C)c1. The minimum Gasteiger partial charge on any atom is -0.345 e. The molecule has 0 atom stereocenters. The molecule has 2 N–H and O–H groups in total. The first-order valence-electron chi connectivity index (χ1n) is 8.98. The molecule has 148 valence electrons. The number of anilines is 1. The summed E-state index contributed by atoms with van der Waals surface area (Å²) < 4.78 is 0. The van der Waals surface area contributed by atoms with Crippen molar-refractivity contribution in [3.05, 3.63) is 65.7 Å². The molecule has 0 aliphatic heterocycles. The molecule has 0 heterocycles. The zero-order valence-corrected chi connectivity index (χ0v) is 16.4. The van der Waals surface area contributed by atoms with E-state index < -0.39 is 5.91 Å². The number of amides is 4. The first-order chi connectivity index (χ1) is 13.3. The Balaban J connectivity index is 1.89. The fraction of sp³-hybridized carbons (Fsp3) is 0.286. The van der Waals surface area contributed by atoms with Crippen molar-refractivity contribution in [3.63, 3.8) is 0 Å². The Morgan fingerprint density at radius 3 is 2.29 bits per heavy atom. The van der Waals surface area contributed by atoms with Gasteiger partial charge in [-0.3, -0.25) is 9.59 Å². The van der Waals surface area contributed by atoms with Crippen LogP contribution >= 0.6 is 0 Å². The minimum atomic E-state index is -0.398. The summed E-state index contributed by atoms with van der Waals surface area (Å²) in [4.78, 5) is 39.5. The molecular formula is C21H26N4O3. The molecule has 0 saturated carbocycles. The second kappa shape index (κ2) is 10.1. The van der Waals surface area contributed by atoms with Gasteiger partial charge in [0.1, 0.15) is 6.54 Å². The lowest BCUT2D eigenvalue weighted by Gasteiger charge is -2.25. The maximum Gasteiger partial charge on any atom is 0.320 e. The van der Waals surface area contributed by atoms with Gasteiger partial charge in [0.25, 0.3) is 0 Å². The Bertz CT molecular complexity index is 821. The molecule has 2 aromatic carbocycles. The van der Waals surface area contributed by atoms with Crippen LogP contribution in [-0.2, 0) is 16.1 Å². The van der Waals surface area contributed by atoms with Gasteiger partial charge < -0.3 is 20.4 Å². The number of carbonyl (C=O) groups is 3. The maximum absolute atomic E-state index is 12.4. The monoisotopic (exact) mass is 382 g/mol. The molecule has 7 heteroatoms. The van der Waals surface area contributed by atoms with Crippen molar-refractivity contribution < 1.29 is 14.4 Å². The lowest BCUT2D eigenvalue weighted by Crippen LogP contribution is -2.45. The van der Waals surface area contributed by atoms with Crippen LogP contribution in [0.15, 0.2) is 54.6 Å². The van der Waals surface area contributed by atoms with Gasteiger partial charge in [-0.05, 0) is 30.2 Å². The van der Waals surface area contributed by atoms with Crippen LogP contribution in [0, 0.1) is 6.92 Å². The van der Waals surface area contributed by atoms with Gasteiger partial charge in [-0.15, -0.1) is 0 Å². The molecule has 4 amide bonds. The molecule has 0 aromatic heterocycles. The van der Waals surface area contributed by atoms with Crippen molar-refractivity contribution in [1.29, 1.82) is 0 Å². The second-order valence-corrected chi connectivity index (χ2v) is 6.71. The van der Waals surface area contributed by atoms with E-state index in [0.29, 0.717) is 12.2 Å². The average Bonchev–Trinajstić information content (AvgIpc) is 2.66. The number of rotatable bonds is 7. The fourth-order valence-electron chi connectivity index (χ4n) is 2.61. The Labute approximate surface area is 165 Å². The van der Waals surface area contributed by atoms with E-state index in [1.165, 1.54) is 9.80 Å². The summed E-state index contributed by atoms with van der Waals surface area (Å²) in [5.74, 6) is -0.724. The molecule has 7 nitrogen and oxygen atoms in total.